The molecule has 0 unspecified atom stereocenters. The number of carbonyl (C=O) groups is 1. The zero-order chi connectivity index (χ0) is 18.5. The maximum absolute atomic E-state index is 12.9. The monoisotopic (exact) mass is 376 g/mol. The van der Waals surface area contributed by atoms with Gasteiger partial charge in [0, 0.05) is 26.2 Å². The molecule has 7 nitrogen and oxygen atoms in total. The van der Waals surface area contributed by atoms with Crippen molar-refractivity contribution in [1.82, 2.24) is 14.5 Å². The highest BCUT2D eigenvalue weighted by molar-refractivity contribution is 8.00. The van der Waals surface area contributed by atoms with E-state index in [-0.39, 0.29) is 5.56 Å². The number of primary amides is 1. The summed E-state index contributed by atoms with van der Waals surface area (Å²) in [5.41, 5.74) is 5.96. The first kappa shape index (κ1) is 18.9. The Labute approximate surface area is 156 Å². The highest BCUT2D eigenvalue weighted by Crippen LogP contribution is 2.22. The molecule has 1 aromatic carbocycles. The second kappa shape index (κ2) is 8.66. The van der Waals surface area contributed by atoms with Gasteiger partial charge in [-0.3, -0.25) is 19.1 Å². The third kappa shape index (κ3) is 4.44. The Morgan fingerprint density at radius 2 is 2.04 bits per heavy atom. The van der Waals surface area contributed by atoms with Crippen molar-refractivity contribution in [2.45, 2.75) is 30.3 Å². The highest BCUT2D eigenvalue weighted by Gasteiger charge is 2.18. The lowest BCUT2D eigenvalue weighted by molar-refractivity contribution is -0.117. The van der Waals surface area contributed by atoms with E-state index in [2.05, 4.69) is 9.88 Å². The van der Waals surface area contributed by atoms with E-state index in [0.29, 0.717) is 22.6 Å². The summed E-state index contributed by atoms with van der Waals surface area (Å²) in [6.45, 7) is 6.55. The van der Waals surface area contributed by atoms with Crippen molar-refractivity contribution < 1.29 is 9.53 Å². The lowest BCUT2D eigenvalue weighted by atomic mass is 10.2. The SMILES string of the molecule is C[C@@H](Sc1nc2ccccc2c(=O)n1CCCN1CCOCC1)C(N)=O. The van der Waals surface area contributed by atoms with Crippen LogP contribution in [0.2, 0.25) is 0 Å². The van der Waals surface area contributed by atoms with Gasteiger partial charge in [-0.2, -0.15) is 0 Å². The van der Waals surface area contributed by atoms with Crippen molar-refractivity contribution in [1.29, 1.82) is 0 Å². The zero-order valence-electron chi connectivity index (χ0n) is 14.9. The standard InChI is InChI=1S/C18H24N4O3S/c1-13(16(19)23)26-18-20-15-6-3-2-5-14(15)17(24)22(18)8-4-7-21-9-11-25-12-10-21/h2-3,5-6,13H,4,7-12H2,1H3,(H2,19,23)/t13-/m1/s1. The van der Waals surface area contributed by atoms with Crippen LogP contribution < -0.4 is 11.3 Å². The summed E-state index contributed by atoms with van der Waals surface area (Å²) >= 11 is 1.24. The highest BCUT2D eigenvalue weighted by atomic mass is 32.2. The summed E-state index contributed by atoms with van der Waals surface area (Å²) in [7, 11) is 0. The molecule has 1 saturated heterocycles. The van der Waals surface area contributed by atoms with Gasteiger partial charge >= 0.3 is 0 Å². The van der Waals surface area contributed by atoms with E-state index in [0.717, 1.165) is 39.3 Å². The Morgan fingerprint density at radius 3 is 2.77 bits per heavy atom. The van der Waals surface area contributed by atoms with Gasteiger partial charge in [-0.1, -0.05) is 23.9 Å². The summed E-state index contributed by atoms with van der Waals surface area (Å²) < 4.78 is 7.04. The third-order valence-electron chi connectivity index (χ3n) is 4.47. The van der Waals surface area contributed by atoms with Gasteiger partial charge in [0.1, 0.15) is 0 Å². The maximum Gasteiger partial charge on any atom is 0.262 e. The predicted molar refractivity (Wildman–Crippen MR) is 102 cm³/mol. The molecular weight excluding hydrogens is 352 g/mol. The molecule has 2 N–H and O–H groups in total. The topological polar surface area (TPSA) is 90.4 Å². The van der Waals surface area contributed by atoms with Gasteiger partial charge in [0.15, 0.2) is 5.16 Å². The van der Waals surface area contributed by atoms with E-state index in [9.17, 15) is 9.59 Å². The lowest BCUT2D eigenvalue weighted by Gasteiger charge is -2.26. The summed E-state index contributed by atoms with van der Waals surface area (Å²) in [5, 5.41) is 0.686. The van der Waals surface area contributed by atoms with E-state index in [1.54, 1.807) is 17.6 Å². The van der Waals surface area contributed by atoms with E-state index in [1.807, 2.05) is 18.2 Å². The molecule has 0 saturated carbocycles. The molecule has 2 heterocycles. The largest absolute Gasteiger partial charge is 0.379 e. The van der Waals surface area contributed by atoms with Crippen molar-refractivity contribution in [3.8, 4) is 0 Å². The molecule has 26 heavy (non-hydrogen) atoms. The fourth-order valence-electron chi connectivity index (χ4n) is 2.93. The number of benzene rings is 1. The van der Waals surface area contributed by atoms with Crippen molar-refractivity contribution >= 4 is 28.6 Å². The Morgan fingerprint density at radius 1 is 1.31 bits per heavy atom. The van der Waals surface area contributed by atoms with Crippen molar-refractivity contribution in [3.05, 3.63) is 34.6 Å². The smallest absolute Gasteiger partial charge is 0.262 e. The number of ether oxygens (including phenoxy) is 1. The minimum Gasteiger partial charge on any atom is -0.379 e. The predicted octanol–water partition coefficient (Wildman–Crippen LogP) is 1.08. The molecule has 3 rings (SSSR count). The average molecular weight is 376 g/mol. The number of fused-ring (bicyclic) bond motifs is 1. The Balaban J connectivity index is 1.83. The molecule has 0 radical (unpaired) electrons. The van der Waals surface area contributed by atoms with Crippen LogP contribution in [0.4, 0.5) is 0 Å². The summed E-state index contributed by atoms with van der Waals surface area (Å²) in [6.07, 6.45) is 0.832. The van der Waals surface area contributed by atoms with Gasteiger partial charge < -0.3 is 10.5 Å². The number of carbonyl (C=O) groups excluding carboxylic acids is 1. The number of hydrogen-bond acceptors (Lipinski definition) is 6. The molecule has 1 fully saturated rings. The molecule has 1 amide bonds. The summed E-state index contributed by atoms with van der Waals surface area (Å²) in [6, 6.07) is 7.29. The molecule has 0 aliphatic carbocycles. The Bertz CT molecular complexity index is 833. The van der Waals surface area contributed by atoms with E-state index in [4.69, 9.17) is 10.5 Å². The molecule has 1 aliphatic rings. The van der Waals surface area contributed by atoms with E-state index < -0.39 is 11.2 Å². The molecule has 1 aliphatic heterocycles. The molecule has 1 aromatic heterocycles. The van der Waals surface area contributed by atoms with Crippen LogP contribution in [0.1, 0.15) is 13.3 Å². The second-order valence-electron chi connectivity index (χ2n) is 6.34. The molecule has 0 spiro atoms. The van der Waals surface area contributed by atoms with Crippen LogP contribution in [0.3, 0.4) is 0 Å². The van der Waals surface area contributed by atoms with E-state index in [1.165, 1.54) is 11.8 Å². The quantitative estimate of drug-likeness (QED) is 0.575. The molecule has 8 heteroatoms. The zero-order valence-corrected chi connectivity index (χ0v) is 15.7. The number of hydrogen-bond donors (Lipinski definition) is 1. The molecule has 2 aromatic rings. The van der Waals surface area contributed by atoms with Crippen LogP contribution in [-0.2, 0) is 16.1 Å². The number of amides is 1. The van der Waals surface area contributed by atoms with Crippen LogP contribution >= 0.6 is 11.8 Å². The van der Waals surface area contributed by atoms with Gasteiger partial charge in [0.2, 0.25) is 5.91 Å². The van der Waals surface area contributed by atoms with Gasteiger partial charge in [-0.25, -0.2) is 4.98 Å². The van der Waals surface area contributed by atoms with Crippen molar-refractivity contribution in [3.63, 3.8) is 0 Å². The second-order valence-corrected chi connectivity index (χ2v) is 7.65. The van der Waals surface area contributed by atoms with Crippen LogP contribution in [-0.4, -0.2) is 58.5 Å². The fraction of sp³-hybridized carbons (Fsp3) is 0.500. The number of rotatable bonds is 7. The van der Waals surface area contributed by atoms with Gasteiger partial charge in [0.25, 0.3) is 5.56 Å². The molecule has 1 atom stereocenters. The van der Waals surface area contributed by atoms with Gasteiger partial charge in [0.05, 0.1) is 29.4 Å². The van der Waals surface area contributed by atoms with Gasteiger partial charge in [-0.05, 0) is 25.5 Å². The molecular formula is C18H24N4O3S. The first-order valence-electron chi connectivity index (χ1n) is 8.82. The van der Waals surface area contributed by atoms with Crippen LogP contribution in [0, 0.1) is 0 Å². The van der Waals surface area contributed by atoms with Crippen LogP contribution in [0.5, 0.6) is 0 Å². The number of nitrogens with two attached hydrogens (primary N) is 1. The minimum absolute atomic E-state index is 0.0725. The van der Waals surface area contributed by atoms with Gasteiger partial charge in [-0.15, -0.1) is 0 Å². The minimum atomic E-state index is -0.450. The normalized spacial score (nSPS) is 16.7. The first-order chi connectivity index (χ1) is 12.6. The summed E-state index contributed by atoms with van der Waals surface area (Å²) in [5.74, 6) is -0.419. The number of aromatic nitrogens is 2. The van der Waals surface area contributed by atoms with Crippen molar-refractivity contribution in [2.24, 2.45) is 5.73 Å². The maximum atomic E-state index is 12.9. The summed E-state index contributed by atoms with van der Waals surface area (Å²) in [4.78, 5) is 31.3. The third-order valence-corrected chi connectivity index (χ3v) is 5.58. The number of nitrogens with zero attached hydrogens (tertiary/aromatic N) is 3. The van der Waals surface area contributed by atoms with Crippen molar-refractivity contribution in [2.75, 3.05) is 32.8 Å². The number of morpholine rings is 1. The molecule has 140 valence electrons. The van der Waals surface area contributed by atoms with Crippen LogP contribution in [0.15, 0.2) is 34.2 Å². The fourth-order valence-corrected chi connectivity index (χ4v) is 3.81. The Kier molecular flexibility index (Phi) is 6.29. The number of thioether (sulfide) groups is 1. The lowest BCUT2D eigenvalue weighted by Crippen LogP contribution is -2.37. The van der Waals surface area contributed by atoms with E-state index >= 15 is 0 Å². The Hall–Kier alpha value is -1.90. The van der Waals surface area contributed by atoms with Crippen LogP contribution in [0.25, 0.3) is 10.9 Å². The average Bonchev–Trinajstić information content (AvgIpc) is 2.65. The first-order valence-corrected chi connectivity index (χ1v) is 9.70. The number of para-hydroxylation sites is 1. The molecule has 0 bridgehead atoms.